The fourth-order valence-electron chi connectivity index (χ4n) is 1.36. The molecular weight excluding hydrogens is 308 g/mol. The van der Waals surface area contributed by atoms with E-state index in [2.05, 4.69) is 47.3 Å². The minimum atomic E-state index is -0.141. The van der Waals surface area contributed by atoms with Crippen LogP contribution in [-0.4, -0.2) is 25.1 Å². The first-order valence-electron chi connectivity index (χ1n) is 6.18. The van der Waals surface area contributed by atoms with E-state index in [0.29, 0.717) is 5.75 Å². The molecular formula is C14H21BrN2O2. The van der Waals surface area contributed by atoms with E-state index in [4.69, 9.17) is 4.74 Å². The van der Waals surface area contributed by atoms with E-state index in [0.717, 1.165) is 16.6 Å². The van der Waals surface area contributed by atoms with Crippen molar-refractivity contribution < 1.29 is 9.53 Å². The maximum Gasteiger partial charge on any atom is 0.257 e. The summed E-state index contributed by atoms with van der Waals surface area (Å²) in [6, 6.07) is 5.71. The molecule has 0 saturated heterocycles. The lowest BCUT2D eigenvalue weighted by atomic mass is 10.1. The molecule has 0 atom stereocenters. The van der Waals surface area contributed by atoms with Crippen LogP contribution in [0.3, 0.4) is 0 Å². The maximum atomic E-state index is 11.1. The number of hydrogen-bond acceptors (Lipinski definition) is 3. The van der Waals surface area contributed by atoms with Crippen molar-refractivity contribution in [2.24, 2.45) is 0 Å². The molecule has 0 saturated carbocycles. The van der Waals surface area contributed by atoms with Gasteiger partial charge in [-0.3, -0.25) is 4.79 Å². The van der Waals surface area contributed by atoms with Gasteiger partial charge in [0.25, 0.3) is 5.91 Å². The number of carbonyl (C=O) groups excluding carboxylic acids is 1. The van der Waals surface area contributed by atoms with Gasteiger partial charge < -0.3 is 15.4 Å². The Morgan fingerprint density at radius 3 is 2.63 bits per heavy atom. The number of carbonyl (C=O) groups is 1. The Morgan fingerprint density at radius 1 is 1.37 bits per heavy atom. The summed E-state index contributed by atoms with van der Waals surface area (Å²) >= 11 is 3.52. The van der Waals surface area contributed by atoms with Crippen molar-refractivity contribution >= 4 is 21.8 Å². The van der Waals surface area contributed by atoms with Crippen LogP contribution in [0.15, 0.2) is 22.7 Å². The van der Waals surface area contributed by atoms with Gasteiger partial charge in [0, 0.05) is 23.6 Å². The molecule has 0 fully saturated rings. The summed E-state index contributed by atoms with van der Waals surface area (Å²) in [6.07, 6.45) is 0. The van der Waals surface area contributed by atoms with Crippen LogP contribution in [-0.2, 0) is 11.3 Å². The zero-order valence-corrected chi connectivity index (χ0v) is 13.4. The number of benzene rings is 1. The molecule has 0 aliphatic carbocycles. The Morgan fingerprint density at radius 2 is 2.05 bits per heavy atom. The lowest BCUT2D eigenvalue weighted by molar-refractivity contribution is -0.122. The number of likely N-dealkylation sites (N-methyl/N-ethyl adjacent to an activating group) is 1. The van der Waals surface area contributed by atoms with Gasteiger partial charge in [0.1, 0.15) is 5.75 Å². The molecule has 106 valence electrons. The predicted molar refractivity (Wildman–Crippen MR) is 80.3 cm³/mol. The fourth-order valence-corrected chi connectivity index (χ4v) is 1.74. The molecule has 5 heteroatoms. The van der Waals surface area contributed by atoms with E-state index in [1.807, 2.05) is 18.2 Å². The smallest absolute Gasteiger partial charge is 0.257 e. The molecule has 0 spiro atoms. The predicted octanol–water partition coefficient (Wildman–Crippen LogP) is 2.46. The highest BCUT2D eigenvalue weighted by molar-refractivity contribution is 9.10. The van der Waals surface area contributed by atoms with E-state index in [1.54, 1.807) is 7.05 Å². The number of rotatable bonds is 5. The van der Waals surface area contributed by atoms with E-state index >= 15 is 0 Å². The highest BCUT2D eigenvalue weighted by atomic mass is 79.9. The zero-order valence-electron chi connectivity index (χ0n) is 11.8. The van der Waals surface area contributed by atoms with Gasteiger partial charge in [-0.25, -0.2) is 0 Å². The Balaban J connectivity index is 2.68. The van der Waals surface area contributed by atoms with Crippen LogP contribution < -0.4 is 15.4 Å². The van der Waals surface area contributed by atoms with Crippen molar-refractivity contribution in [2.75, 3.05) is 13.7 Å². The molecule has 0 aliphatic rings. The van der Waals surface area contributed by atoms with Gasteiger partial charge in [-0.2, -0.15) is 0 Å². The largest absolute Gasteiger partial charge is 0.484 e. The average Bonchev–Trinajstić information content (AvgIpc) is 2.34. The normalized spacial score (nSPS) is 11.2. The minimum Gasteiger partial charge on any atom is -0.484 e. The highest BCUT2D eigenvalue weighted by Gasteiger charge is 2.10. The average molecular weight is 329 g/mol. The molecule has 0 heterocycles. The Labute approximate surface area is 123 Å². The van der Waals surface area contributed by atoms with Crippen LogP contribution in [0.25, 0.3) is 0 Å². The molecule has 1 aromatic rings. The maximum absolute atomic E-state index is 11.1. The standard InChI is InChI=1S/C14H21BrN2O2/c1-14(2,3)17-8-10-7-11(5-6-12(10)15)19-9-13(18)16-4/h5-7,17H,8-9H2,1-4H3,(H,16,18). The molecule has 19 heavy (non-hydrogen) atoms. The second-order valence-corrected chi connectivity index (χ2v) is 6.17. The van der Waals surface area contributed by atoms with Crippen molar-refractivity contribution in [1.82, 2.24) is 10.6 Å². The Hall–Kier alpha value is -1.07. The van der Waals surface area contributed by atoms with Gasteiger partial charge in [-0.1, -0.05) is 15.9 Å². The van der Waals surface area contributed by atoms with Crippen LogP contribution in [0.5, 0.6) is 5.75 Å². The summed E-state index contributed by atoms with van der Waals surface area (Å²) in [5.41, 5.74) is 1.16. The fraction of sp³-hybridized carbons (Fsp3) is 0.500. The second kappa shape index (κ2) is 6.91. The Kier molecular flexibility index (Phi) is 5.82. The third kappa shape index (κ3) is 6.07. The number of amides is 1. The molecule has 1 amide bonds. The molecule has 0 radical (unpaired) electrons. The zero-order chi connectivity index (χ0) is 14.5. The number of ether oxygens (including phenoxy) is 1. The topological polar surface area (TPSA) is 50.4 Å². The van der Waals surface area contributed by atoms with E-state index in [9.17, 15) is 4.79 Å². The van der Waals surface area contributed by atoms with Crippen molar-refractivity contribution in [2.45, 2.75) is 32.9 Å². The molecule has 1 aromatic carbocycles. The first kappa shape index (κ1) is 16.0. The molecule has 0 bridgehead atoms. The van der Waals surface area contributed by atoms with Crippen molar-refractivity contribution in [3.63, 3.8) is 0 Å². The molecule has 0 unspecified atom stereocenters. The molecule has 1 rings (SSSR count). The van der Waals surface area contributed by atoms with Gasteiger partial charge in [0.15, 0.2) is 6.61 Å². The summed E-state index contributed by atoms with van der Waals surface area (Å²) in [6.45, 7) is 7.12. The summed E-state index contributed by atoms with van der Waals surface area (Å²) in [5, 5.41) is 5.94. The van der Waals surface area contributed by atoms with Gasteiger partial charge in [0.2, 0.25) is 0 Å². The third-order valence-electron chi connectivity index (χ3n) is 2.48. The first-order valence-corrected chi connectivity index (χ1v) is 6.98. The van der Waals surface area contributed by atoms with E-state index in [-0.39, 0.29) is 18.1 Å². The second-order valence-electron chi connectivity index (χ2n) is 5.32. The van der Waals surface area contributed by atoms with Gasteiger partial charge in [-0.15, -0.1) is 0 Å². The third-order valence-corrected chi connectivity index (χ3v) is 3.25. The summed E-state index contributed by atoms with van der Waals surface area (Å²) in [5.74, 6) is 0.551. The molecule has 0 aliphatic heterocycles. The first-order chi connectivity index (χ1) is 8.81. The van der Waals surface area contributed by atoms with Crippen LogP contribution in [0.1, 0.15) is 26.3 Å². The van der Waals surface area contributed by atoms with Crippen molar-refractivity contribution in [3.8, 4) is 5.75 Å². The summed E-state index contributed by atoms with van der Waals surface area (Å²) < 4.78 is 6.45. The van der Waals surface area contributed by atoms with Gasteiger partial charge >= 0.3 is 0 Å². The molecule has 2 N–H and O–H groups in total. The van der Waals surface area contributed by atoms with Gasteiger partial charge in [0.05, 0.1) is 0 Å². The number of halogens is 1. The molecule has 4 nitrogen and oxygen atoms in total. The van der Waals surface area contributed by atoms with Crippen LogP contribution >= 0.6 is 15.9 Å². The highest BCUT2D eigenvalue weighted by Crippen LogP contribution is 2.23. The number of hydrogen-bond donors (Lipinski definition) is 2. The van der Waals surface area contributed by atoms with Crippen LogP contribution in [0, 0.1) is 0 Å². The SMILES string of the molecule is CNC(=O)COc1ccc(Br)c(CNC(C)(C)C)c1. The van der Waals surface area contributed by atoms with Crippen molar-refractivity contribution in [1.29, 1.82) is 0 Å². The van der Waals surface area contributed by atoms with Gasteiger partial charge in [-0.05, 0) is 44.5 Å². The summed E-state index contributed by atoms with van der Waals surface area (Å²) in [7, 11) is 1.59. The van der Waals surface area contributed by atoms with Crippen molar-refractivity contribution in [3.05, 3.63) is 28.2 Å². The Bertz CT molecular complexity index is 442. The van der Waals surface area contributed by atoms with Crippen LogP contribution in [0.4, 0.5) is 0 Å². The lowest BCUT2D eigenvalue weighted by Gasteiger charge is -2.21. The van der Waals surface area contributed by atoms with E-state index in [1.165, 1.54) is 0 Å². The monoisotopic (exact) mass is 328 g/mol. The number of nitrogens with one attached hydrogen (secondary N) is 2. The lowest BCUT2D eigenvalue weighted by Crippen LogP contribution is -2.35. The summed E-state index contributed by atoms with van der Waals surface area (Å²) in [4.78, 5) is 11.1. The minimum absolute atomic E-state index is 0.0320. The quantitative estimate of drug-likeness (QED) is 0.872. The van der Waals surface area contributed by atoms with Crippen LogP contribution in [0.2, 0.25) is 0 Å². The van der Waals surface area contributed by atoms with E-state index < -0.39 is 0 Å². The molecule has 0 aromatic heterocycles.